The minimum Gasteiger partial charge on any atom is -0.504 e. The lowest BCUT2D eigenvalue weighted by molar-refractivity contribution is 0.104. The number of carbonyl (C=O) groups excluding carboxylic acids is 1. The molecule has 0 saturated carbocycles. The molecule has 0 aliphatic rings. The Hall–Kier alpha value is -3.34. The molecule has 1 aromatic heterocycles. The molecule has 0 fully saturated rings. The molecule has 5 nitrogen and oxygen atoms in total. The van der Waals surface area contributed by atoms with E-state index in [2.05, 4.69) is 5.10 Å². The fraction of sp³-hybridized carbons (Fsp3) is 0.0526. The first-order chi connectivity index (χ1) is 11.7. The number of aromatic nitrogens is 2. The van der Waals surface area contributed by atoms with E-state index in [1.165, 1.54) is 25.3 Å². The van der Waals surface area contributed by atoms with E-state index in [1.807, 2.05) is 36.5 Å². The molecule has 0 bridgehead atoms. The minimum absolute atomic E-state index is 0.00201. The molecule has 1 heterocycles. The number of benzene rings is 2. The molecule has 0 radical (unpaired) electrons. The van der Waals surface area contributed by atoms with E-state index >= 15 is 0 Å². The number of para-hydroxylation sites is 1. The molecule has 0 unspecified atom stereocenters. The molecule has 0 amide bonds. The van der Waals surface area contributed by atoms with Crippen molar-refractivity contribution in [2.75, 3.05) is 7.11 Å². The van der Waals surface area contributed by atoms with Gasteiger partial charge in [-0.25, -0.2) is 4.68 Å². The largest absolute Gasteiger partial charge is 0.504 e. The summed E-state index contributed by atoms with van der Waals surface area (Å²) in [6, 6.07) is 14.2. The van der Waals surface area contributed by atoms with Gasteiger partial charge in [0.2, 0.25) is 0 Å². The molecule has 0 aliphatic heterocycles. The van der Waals surface area contributed by atoms with E-state index in [0.717, 1.165) is 11.3 Å². The SMILES string of the molecule is COc1cc(C(=O)/C=C/c2cnn(-c3ccccc3)c2)ccc1O. The van der Waals surface area contributed by atoms with E-state index in [-0.39, 0.29) is 17.3 Å². The van der Waals surface area contributed by atoms with Gasteiger partial charge in [-0.15, -0.1) is 0 Å². The molecule has 24 heavy (non-hydrogen) atoms. The molecule has 120 valence electrons. The molecule has 3 aromatic rings. The number of phenolic OH excluding ortho intramolecular Hbond substituents is 1. The molecule has 0 atom stereocenters. The number of rotatable bonds is 5. The van der Waals surface area contributed by atoms with Crippen LogP contribution in [0.3, 0.4) is 0 Å². The number of carbonyl (C=O) groups is 1. The van der Waals surface area contributed by atoms with Gasteiger partial charge in [-0.1, -0.05) is 18.2 Å². The summed E-state index contributed by atoms with van der Waals surface area (Å²) >= 11 is 0. The predicted octanol–water partition coefficient (Wildman–Crippen LogP) is 3.48. The zero-order valence-electron chi connectivity index (χ0n) is 13.1. The number of hydrogen-bond acceptors (Lipinski definition) is 4. The van der Waals surface area contributed by atoms with Gasteiger partial charge in [0.05, 0.1) is 19.0 Å². The van der Waals surface area contributed by atoms with E-state index in [1.54, 1.807) is 23.0 Å². The van der Waals surface area contributed by atoms with Crippen LogP contribution in [0.25, 0.3) is 11.8 Å². The minimum atomic E-state index is -0.180. The lowest BCUT2D eigenvalue weighted by Gasteiger charge is -2.04. The van der Waals surface area contributed by atoms with Crippen molar-refractivity contribution in [3.05, 3.63) is 78.1 Å². The maximum atomic E-state index is 12.2. The van der Waals surface area contributed by atoms with Crippen molar-refractivity contribution in [2.24, 2.45) is 0 Å². The van der Waals surface area contributed by atoms with Crippen LogP contribution in [-0.4, -0.2) is 27.8 Å². The highest BCUT2D eigenvalue weighted by Crippen LogP contribution is 2.26. The maximum absolute atomic E-state index is 12.2. The van der Waals surface area contributed by atoms with Crippen LogP contribution < -0.4 is 4.74 Å². The van der Waals surface area contributed by atoms with Crippen LogP contribution in [0.4, 0.5) is 0 Å². The standard InChI is InChI=1S/C19H16N2O3/c1-24-19-11-15(8-10-18(19)23)17(22)9-7-14-12-20-21(13-14)16-5-3-2-4-6-16/h2-13,23H,1H3/b9-7+. The number of ketones is 1. The summed E-state index contributed by atoms with van der Waals surface area (Å²) < 4.78 is 6.76. The van der Waals surface area contributed by atoms with Gasteiger partial charge in [0.15, 0.2) is 17.3 Å². The quantitative estimate of drug-likeness (QED) is 0.577. The van der Waals surface area contributed by atoms with Crippen LogP contribution in [0.5, 0.6) is 11.5 Å². The molecule has 0 saturated heterocycles. The first-order valence-electron chi connectivity index (χ1n) is 7.37. The lowest BCUT2D eigenvalue weighted by atomic mass is 10.1. The summed E-state index contributed by atoms with van der Waals surface area (Å²) in [6.45, 7) is 0. The number of allylic oxidation sites excluding steroid dienone is 1. The number of phenols is 1. The fourth-order valence-electron chi connectivity index (χ4n) is 2.24. The summed E-state index contributed by atoms with van der Waals surface area (Å²) in [4.78, 5) is 12.2. The van der Waals surface area contributed by atoms with Crippen LogP contribution in [0.15, 0.2) is 67.0 Å². The van der Waals surface area contributed by atoms with Gasteiger partial charge in [0.1, 0.15) is 0 Å². The maximum Gasteiger partial charge on any atom is 0.185 e. The highest BCUT2D eigenvalue weighted by Gasteiger charge is 2.07. The number of ether oxygens (including phenoxy) is 1. The highest BCUT2D eigenvalue weighted by molar-refractivity contribution is 6.07. The molecule has 5 heteroatoms. The zero-order valence-corrected chi connectivity index (χ0v) is 13.1. The van der Waals surface area contributed by atoms with Gasteiger partial charge in [-0.3, -0.25) is 4.79 Å². The smallest absolute Gasteiger partial charge is 0.185 e. The van der Waals surface area contributed by atoms with E-state index in [9.17, 15) is 9.90 Å². The molecule has 0 aliphatic carbocycles. The Balaban J connectivity index is 1.76. The molecule has 2 aromatic carbocycles. The second-order valence-electron chi connectivity index (χ2n) is 5.14. The highest BCUT2D eigenvalue weighted by atomic mass is 16.5. The zero-order chi connectivity index (χ0) is 16.9. The second-order valence-corrected chi connectivity index (χ2v) is 5.14. The Labute approximate surface area is 139 Å². The van der Waals surface area contributed by atoms with E-state index < -0.39 is 0 Å². The van der Waals surface area contributed by atoms with Crippen LogP contribution in [0.1, 0.15) is 15.9 Å². The Bertz CT molecular complexity index is 883. The van der Waals surface area contributed by atoms with Crippen molar-refractivity contribution >= 4 is 11.9 Å². The Morgan fingerprint density at radius 2 is 2.00 bits per heavy atom. The van der Waals surface area contributed by atoms with Crippen molar-refractivity contribution < 1.29 is 14.6 Å². The third kappa shape index (κ3) is 3.35. The van der Waals surface area contributed by atoms with Crippen LogP contribution in [0, 0.1) is 0 Å². The normalized spacial score (nSPS) is 10.9. The van der Waals surface area contributed by atoms with Crippen molar-refractivity contribution in [1.29, 1.82) is 0 Å². The first-order valence-corrected chi connectivity index (χ1v) is 7.37. The van der Waals surface area contributed by atoms with Crippen LogP contribution in [0.2, 0.25) is 0 Å². The van der Waals surface area contributed by atoms with Crippen molar-refractivity contribution in [1.82, 2.24) is 9.78 Å². The monoisotopic (exact) mass is 320 g/mol. The van der Waals surface area contributed by atoms with Crippen LogP contribution in [-0.2, 0) is 0 Å². The number of aromatic hydroxyl groups is 1. The third-order valence-corrected chi connectivity index (χ3v) is 3.51. The summed E-state index contributed by atoms with van der Waals surface area (Å²) in [6.07, 6.45) is 6.71. The van der Waals surface area contributed by atoms with Crippen molar-refractivity contribution in [2.45, 2.75) is 0 Å². The predicted molar refractivity (Wildman–Crippen MR) is 91.6 cm³/mol. The molecule has 3 rings (SSSR count). The Kier molecular flexibility index (Phi) is 4.43. The number of methoxy groups -OCH3 is 1. The van der Waals surface area contributed by atoms with Crippen molar-refractivity contribution in [3.63, 3.8) is 0 Å². The van der Waals surface area contributed by atoms with Gasteiger partial charge in [-0.2, -0.15) is 5.10 Å². The van der Waals surface area contributed by atoms with Gasteiger partial charge in [0.25, 0.3) is 0 Å². The molecular formula is C19H16N2O3. The van der Waals surface area contributed by atoms with Gasteiger partial charge in [-0.05, 0) is 42.5 Å². The van der Waals surface area contributed by atoms with E-state index in [0.29, 0.717) is 5.56 Å². The fourth-order valence-corrected chi connectivity index (χ4v) is 2.24. The van der Waals surface area contributed by atoms with E-state index in [4.69, 9.17) is 4.74 Å². The van der Waals surface area contributed by atoms with Gasteiger partial charge in [0, 0.05) is 17.3 Å². The number of hydrogen-bond donors (Lipinski definition) is 1. The first kappa shape index (κ1) is 15.6. The lowest BCUT2D eigenvalue weighted by Crippen LogP contribution is -1.95. The van der Waals surface area contributed by atoms with Crippen molar-refractivity contribution in [3.8, 4) is 17.2 Å². The molecular weight excluding hydrogens is 304 g/mol. The molecule has 1 N–H and O–H groups in total. The number of nitrogens with zero attached hydrogens (tertiary/aromatic N) is 2. The molecule has 0 spiro atoms. The van der Waals surface area contributed by atoms with Crippen LogP contribution >= 0.6 is 0 Å². The average molecular weight is 320 g/mol. The average Bonchev–Trinajstić information content (AvgIpc) is 3.10. The Morgan fingerprint density at radius 1 is 1.21 bits per heavy atom. The Morgan fingerprint density at radius 3 is 2.75 bits per heavy atom. The summed E-state index contributed by atoms with van der Waals surface area (Å²) in [5.74, 6) is 0.0917. The topological polar surface area (TPSA) is 64.3 Å². The summed E-state index contributed by atoms with van der Waals surface area (Å²) in [5, 5.41) is 13.8. The second kappa shape index (κ2) is 6.83. The van der Waals surface area contributed by atoms with Gasteiger partial charge < -0.3 is 9.84 Å². The third-order valence-electron chi connectivity index (χ3n) is 3.51. The summed E-state index contributed by atoms with van der Waals surface area (Å²) in [5.41, 5.74) is 2.21. The summed E-state index contributed by atoms with van der Waals surface area (Å²) in [7, 11) is 1.44. The van der Waals surface area contributed by atoms with Gasteiger partial charge >= 0.3 is 0 Å².